The van der Waals surface area contributed by atoms with Gasteiger partial charge in [0.2, 0.25) is 5.95 Å². The number of fused-ring (bicyclic) bond motifs is 7. The Labute approximate surface area is 406 Å². The van der Waals surface area contributed by atoms with Crippen molar-refractivity contribution in [1.82, 2.24) is 24.5 Å². The second kappa shape index (κ2) is 17.3. The van der Waals surface area contributed by atoms with Gasteiger partial charge in [0.25, 0.3) is 0 Å². The van der Waals surface area contributed by atoms with Crippen molar-refractivity contribution >= 4 is 28.0 Å². The molecule has 3 aromatic heterocycles. The third-order valence-electron chi connectivity index (χ3n) is 13.2. The lowest BCUT2D eigenvalue weighted by molar-refractivity contribution is 0.975. The van der Waals surface area contributed by atoms with E-state index in [-0.39, 0.29) is 0 Å². The van der Waals surface area contributed by atoms with Crippen LogP contribution in [0.3, 0.4) is 0 Å². The van der Waals surface area contributed by atoms with E-state index in [1.54, 1.807) is 0 Å². The average molecular weight is 895 g/mol. The maximum Gasteiger partial charge on any atom is 0.235 e. The molecule has 0 fully saturated rings. The number of benzene rings is 9. The summed E-state index contributed by atoms with van der Waals surface area (Å²) in [6.45, 7) is 0. The minimum atomic E-state index is 0.607. The molecule has 0 bridgehead atoms. The molecule has 70 heavy (non-hydrogen) atoms. The predicted molar refractivity (Wildman–Crippen MR) is 286 cm³/mol. The van der Waals surface area contributed by atoms with Gasteiger partial charge >= 0.3 is 0 Å². The van der Waals surface area contributed by atoms with Crippen molar-refractivity contribution < 1.29 is 0 Å². The zero-order valence-corrected chi connectivity index (χ0v) is 37.9. The van der Waals surface area contributed by atoms with E-state index in [1.165, 1.54) is 0 Å². The lowest BCUT2D eigenvalue weighted by atomic mass is 9.98. The normalized spacial score (nSPS) is 11.7. The summed E-state index contributed by atoms with van der Waals surface area (Å²) in [6, 6.07) is 89.3. The molecule has 6 heteroatoms. The third-order valence-corrected chi connectivity index (χ3v) is 13.2. The van der Waals surface area contributed by atoms with E-state index in [2.05, 4.69) is 216 Å². The Morgan fingerprint density at radius 2 is 0.743 bits per heavy atom. The smallest absolute Gasteiger partial charge is 0.235 e. The van der Waals surface area contributed by atoms with E-state index >= 15 is 0 Å². The Bertz CT molecular complexity index is 3770. The zero-order chi connectivity index (χ0) is 46.4. The van der Waals surface area contributed by atoms with Gasteiger partial charge in [-0.2, -0.15) is 0 Å². The van der Waals surface area contributed by atoms with Gasteiger partial charge in [-0.05, 0) is 59.7 Å². The van der Waals surface area contributed by atoms with Crippen molar-refractivity contribution in [3.05, 3.63) is 255 Å². The molecule has 9 aromatic carbocycles. The summed E-state index contributed by atoms with van der Waals surface area (Å²) in [5, 5.41) is 1.12. The molecule has 0 radical (unpaired) electrons. The van der Waals surface area contributed by atoms with Crippen LogP contribution in [0.15, 0.2) is 255 Å². The van der Waals surface area contributed by atoms with Gasteiger partial charge in [-0.1, -0.05) is 206 Å². The van der Waals surface area contributed by atoms with Crippen LogP contribution in [-0.4, -0.2) is 24.5 Å². The molecule has 6 nitrogen and oxygen atoms in total. The van der Waals surface area contributed by atoms with Gasteiger partial charge < -0.3 is 4.90 Å². The van der Waals surface area contributed by atoms with Crippen molar-refractivity contribution in [3.8, 4) is 95.9 Å². The topological polar surface area (TPSA) is 59.7 Å². The molecule has 0 saturated heterocycles. The molecule has 328 valence electrons. The molecule has 0 atom stereocenters. The number of aromatic nitrogens is 5. The highest BCUT2D eigenvalue weighted by atomic mass is 15.2. The van der Waals surface area contributed by atoms with Gasteiger partial charge in [-0.25, -0.2) is 19.9 Å². The molecule has 4 heterocycles. The highest BCUT2D eigenvalue weighted by Gasteiger charge is 2.32. The van der Waals surface area contributed by atoms with Crippen LogP contribution in [-0.2, 0) is 0 Å². The van der Waals surface area contributed by atoms with Crippen LogP contribution >= 0.6 is 0 Å². The molecule has 13 rings (SSSR count). The number of anilines is 3. The molecule has 1 aliphatic heterocycles. The summed E-state index contributed by atoms with van der Waals surface area (Å²) in [5.41, 5.74) is 19.3. The van der Waals surface area contributed by atoms with Crippen LogP contribution in [0.4, 0.5) is 17.1 Å². The maximum absolute atomic E-state index is 5.41. The minimum Gasteiger partial charge on any atom is -0.309 e. The summed E-state index contributed by atoms with van der Waals surface area (Å²) >= 11 is 0. The number of rotatable bonds is 8. The third kappa shape index (κ3) is 7.23. The number of nitrogens with zero attached hydrogens (tertiary/aromatic N) is 6. The fraction of sp³-hybridized carbons (Fsp3) is 0. The Kier molecular flexibility index (Phi) is 10.1. The van der Waals surface area contributed by atoms with Gasteiger partial charge in [0.05, 0.1) is 45.4 Å². The molecule has 12 aromatic rings. The molecular formula is C64H42N6. The molecular weight excluding hydrogens is 853 g/mol. The molecule has 0 aliphatic carbocycles. The Morgan fingerprint density at radius 1 is 0.300 bits per heavy atom. The molecule has 1 aliphatic rings. The lowest BCUT2D eigenvalue weighted by Gasteiger charge is -2.28. The van der Waals surface area contributed by atoms with E-state index in [1.807, 2.05) is 48.5 Å². The van der Waals surface area contributed by atoms with Gasteiger partial charge in [-0.15, -0.1) is 0 Å². The molecule has 0 amide bonds. The quantitative estimate of drug-likeness (QED) is 0.152. The van der Waals surface area contributed by atoms with Crippen LogP contribution in [0, 0.1) is 0 Å². The first kappa shape index (κ1) is 40.7. The van der Waals surface area contributed by atoms with E-state index in [9.17, 15) is 0 Å². The largest absolute Gasteiger partial charge is 0.309 e. The zero-order valence-electron chi connectivity index (χ0n) is 37.9. The van der Waals surface area contributed by atoms with E-state index in [0.717, 1.165) is 112 Å². The van der Waals surface area contributed by atoms with Crippen LogP contribution < -0.4 is 4.90 Å². The number of para-hydroxylation sites is 3. The maximum atomic E-state index is 5.41. The first-order valence-electron chi connectivity index (χ1n) is 23.6. The van der Waals surface area contributed by atoms with Gasteiger partial charge in [0.15, 0.2) is 5.82 Å². The second-order valence-corrected chi connectivity index (χ2v) is 17.4. The van der Waals surface area contributed by atoms with E-state index in [0.29, 0.717) is 11.8 Å². The van der Waals surface area contributed by atoms with Crippen LogP contribution in [0.25, 0.3) is 107 Å². The second-order valence-electron chi connectivity index (χ2n) is 17.4. The fourth-order valence-electron chi connectivity index (χ4n) is 9.93. The van der Waals surface area contributed by atoms with Crippen LogP contribution in [0.2, 0.25) is 0 Å². The first-order valence-corrected chi connectivity index (χ1v) is 23.6. The average Bonchev–Trinajstić information content (AvgIpc) is 3.73. The summed E-state index contributed by atoms with van der Waals surface area (Å²) < 4.78 is 2.28. The fourth-order valence-corrected chi connectivity index (χ4v) is 9.93. The van der Waals surface area contributed by atoms with Crippen molar-refractivity contribution in [3.63, 3.8) is 0 Å². The summed E-state index contributed by atoms with van der Waals surface area (Å²) in [7, 11) is 0. The monoisotopic (exact) mass is 894 g/mol. The van der Waals surface area contributed by atoms with E-state index in [4.69, 9.17) is 19.9 Å². The van der Waals surface area contributed by atoms with E-state index < -0.39 is 0 Å². The summed E-state index contributed by atoms with van der Waals surface area (Å²) in [6.07, 6.45) is 0. The van der Waals surface area contributed by atoms with Gasteiger partial charge in [0, 0.05) is 55.6 Å². The SMILES string of the molecule is c1ccc(-c2cc(-c3cccc(-c4cccc(N5c6ccccc6-c6c(n(-c7nc(-c8ccccc8)cc(-c8ccccc8)n7)c7ccccc67)-c6ccccc65)c4)c3)nc(-c3ccccc3)n2)cc1. The summed E-state index contributed by atoms with van der Waals surface area (Å²) in [4.78, 5) is 23.4. The van der Waals surface area contributed by atoms with Gasteiger partial charge in [0.1, 0.15) is 0 Å². The van der Waals surface area contributed by atoms with Crippen LogP contribution in [0.1, 0.15) is 0 Å². The van der Waals surface area contributed by atoms with Crippen molar-refractivity contribution in [2.75, 3.05) is 4.90 Å². The number of hydrogen-bond acceptors (Lipinski definition) is 5. The molecule has 0 unspecified atom stereocenters. The van der Waals surface area contributed by atoms with Gasteiger partial charge in [-0.3, -0.25) is 4.57 Å². The highest BCUT2D eigenvalue weighted by Crippen LogP contribution is 2.54. The first-order chi connectivity index (χ1) is 34.7. The lowest BCUT2D eigenvalue weighted by Crippen LogP contribution is -2.11. The minimum absolute atomic E-state index is 0.607. The molecule has 0 N–H and O–H groups in total. The Balaban J connectivity index is 0.978. The standard InChI is InChI=1S/C64H42N6/c1-5-21-43(22-6-1)54-41-57(66-63(65-54)46-27-11-4-12-28-46)49-31-19-29-47(39-49)48-30-20-32-50(40-48)69-58-36-16-13-33-51(58)61-52-34-14-17-37-59(52)70(62(61)53-35-15-18-38-60(53)69)64-67-55(44-23-7-2-8-24-44)42-56(68-64)45-25-9-3-10-26-45/h1-42H. The molecule has 0 saturated carbocycles. The van der Waals surface area contributed by atoms with Crippen molar-refractivity contribution in [1.29, 1.82) is 0 Å². The highest BCUT2D eigenvalue weighted by molar-refractivity contribution is 6.13. The van der Waals surface area contributed by atoms with Crippen molar-refractivity contribution in [2.45, 2.75) is 0 Å². The Hall–Kier alpha value is -9.52. The number of hydrogen-bond donors (Lipinski definition) is 0. The summed E-state index contributed by atoms with van der Waals surface area (Å²) in [5.74, 6) is 1.30. The van der Waals surface area contributed by atoms with Crippen molar-refractivity contribution in [2.24, 2.45) is 0 Å². The predicted octanol–water partition coefficient (Wildman–Crippen LogP) is 16.3. The van der Waals surface area contributed by atoms with Crippen LogP contribution in [0.5, 0.6) is 0 Å². The Morgan fingerprint density at radius 3 is 1.37 bits per heavy atom. The molecule has 0 spiro atoms.